The molecule has 126 valence electrons. The van der Waals surface area contributed by atoms with Crippen LogP contribution in [0, 0.1) is 0 Å². The monoisotopic (exact) mass is 403 g/mol. The number of aliphatic hydroxyl groups excluding tert-OH is 1. The summed E-state index contributed by atoms with van der Waals surface area (Å²) in [5.41, 5.74) is 0.791. The van der Waals surface area contributed by atoms with Gasteiger partial charge in [-0.15, -0.1) is 0 Å². The van der Waals surface area contributed by atoms with Crippen molar-refractivity contribution in [2.45, 2.75) is 25.2 Å². The van der Waals surface area contributed by atoms with Crippen molar-refractivity contribution in [2.24, 2.45) is 4.99 Å². The second-order valence-electron chi connectivity index (χ2n) is 5.39. The highest BCUT2D eigenvalue weighted by molar-refractivity contribution is 9.12. The van der Waals surface area contributed by atoms with Crippen molar-refractivity contribution in [1.82, 2.24) is 20.7 Å². The van der Waals surface area contributed by atoms with Crippen molar-refractivity contribution in [3.05, 3.63) is 33.1 Å². The third-order valence-corrected chi connectivity index (χ3v) is 5.64. The molecule has 10 heteroatoms. The molecule has 0 saturated carbocycles. The van der Waals surface area contributed by atoms with Gasteiger partial charge < -0.3 is 21.1 Å². The molecule has 3 rings (SSSR count). The molecule has 0 amide bonds. The molecule has 23 heavy (non-hydrogen) atoms. The first kappa shape index (κ1) is 16.5. The zero-order chi connectivity index (χ0) is 16.4. The lowest BCUT2D eigenvalue weighted by Gasteiger charge is -2.27. The van der Waals surface area contributed by atoms with E-state index in [0.717, 1.165) is 10.2 Å². The SMILES string of the molecule is O=S1(=O)NCC(O)CNC2=C(Br)C=NC(NC3=CC1=CCC3)N2. The molecule has 4 bridgehead atoms. The molecule has 2 unspecified atom stereocenters. The number of β-amino-alcohol motifs (C(OH)–C–C–N with tert-alkyl or cyclic N) is 1. The molecule has 8 nitrogen and oxygen atoms in total. The molecule has 2 heterocycles. The zero-order valence-electron chi connectivity index (χ0n) is 12.2. The van der Waals surface area contributed by atoms with Gasteiger partial charge in [0.05, 0.1) is 15.5 Å². The molecule has 1 aliphatic carbocycles. The first-order chi connectivity index (χ1) is 10.9. The third kappa shape index (κ3) is 3.94. The summed E-state index contributed by atoms with van der Waals surface area (Å²) in [4.78, 5) is 4.52. The number of halogens is 1. The van der Waals surface area contributed by atoms with Gasteiger partial charge in [0.15, 0.2) is 6.29 Å². The van der Waals surface area contributed by atoms with Gasteiger partial charge in [0, 0.05) is 25.0 Å². The number of aliphatic imine (C=N–C) groups is 1. The van der Waals surface area contributed by atoms with Gasteiger partial charge >= 0.3 is 0 Å². The minimum Gasteiger partial charge on any atom is -0.390 e. The number of nitrogens with zero attached hydrogens (tertiary/aromatic N) is 1. The van der Waals surface area contributed by atoms with Gasteiger partial charge in [-0.05, 0) is 34.8 Å². The van der Waals surface area contributed by atoms with E-state index < -0.39 is 22.4 Å². The predicted octanol–water partition coefficient (Wildman–Crippen LogP) is -0.457. The Labute approximate surface area is 143 Å². The van der Waals surface area contributed by atoms with Crippen LogP contribution in [-0.4, -0.2) is 45.2 Å². The summed E-state index contributed by atoms with van der Waals surface area (Å²) >= 11 is 3.38. The summed E-state index contributed by atoms with van der Waals surface area (Å²) in [5, 5.41) is 19.4. The van der Waals surface area contributed by atoms with Crippen molar-refractivity contribution in [2.75, 3.05) is 13.1 Å². The third-order valence-electron chi connectivity index (χ3n) is 3.59. The zero-order valence-corrected chi connectivity index (χ0v) is 14.6. The Morgan fingerprint density at radius 2 is 2.13 bits per heavy atom. The first-order valence-corrected chi connectivity index (χ1v) is 9.50. The highest BCUT2D eigenvalue weighted by atomic mass is 79.9. The van der Waals surface area contributed by atoms with Gasteiger partial charge in [0.25, 0.3) is 0 Å². The second-order valence-corrected chi connectivity index (χ2v) is 8.01. The summed E-state index contributed by atoms with van der Waals surface area (Å²) in [5.74, 6) is 0.686. The Morgan fingerprint density at radius 3 is 2.96 bits per heavy atom. The van der Waals surface area contributed by atoms with Crippen LogP contribution >= 0.6 is 15.9 Å². The van der Waals surface area contributed by atoms with Crippen LogP contribution in [-0.2, 0) is 10.0 Å². The van der Waals surface area contributed by atoms with E-state index in [9.17, 15) is 13.5 Å². The Hall–Kier alpha value is -1.36. The minimum atomic E-state index is -3.63. The number of allylic oxidation sites excluding steroid dienone is 4. The molecule has 0 spiro atoms. The van der Waals surface area contributed by atoms with Gasteiger partial charge in [-0.25, -0.2) is 18.1 Å². The fourth-order valence-electron chi connectivity index (χ4n) is 2.39. The van der Waals surface area contributed by atoms with Crippen LogP contribution in [0.4, 0.5) is 0 Å². The standard InChI is InChI=1S/C13H18BrN5O3S/c14-11-7-16-13-18-8-2-1-3-10(4-8)23(21,22)17-6-9(20)5-15-12(11)19-13/h3-4,7,9,13,15,17-20H,1-2,5-6H2. The molecular weight excluding hydrogens is 386 g/mol. The number of rotatable bonds is 0. The lowest BCUT2D eigenvalue weighted by Crippen LogP contribution is -2.47. The number of nitrogens with one attached hydrogen (secondary N) is 4. The van der Waals surface area contributed by atoms with Crippen LogP contribution in [0.5, 0.6) is 0 Å². The van der Waals surface area contributed by atoms with Crippen molar-refractivity contribution in [1.29, 1.82) is 0 Å². The van der Waals surface area contributed by atoms with E-state index >= 15 is 0 Å². The molecule has 0 aromatic rings. The Balaban J connectivity index is 1.90. The second kappa shape index (κ2) is 6.63. The van der Waals surface area contributed by atoms with E-state index in [2.05, 4.69) is 41.6 Å². The molecule has 3 aliphatic rings. The van der Waals surface area contributed by atoms with Gasteiger partial charge in [0.2, 0.25) is 10.0 Å². The van der Waals surface area contributed by atoms with E-state index in [0.29, 0.717) is 18.7 Å². The number of aliphatic hydroxyl groups is 1. The normalized spacial score (nSPS) is 30.3. The van der Waals surface area contributed by atoms with Crippen molar-refractivity contribution in [3.63, 3.8) is 0 Å². The maximum absolute atomic E-state index is 12.3. The molecule has 0 fully saturated rings. The highest BCUT2D eigenvalue weighted by Gasteiger charge is 2.23. The lowest BCUT2D eigenvalue weighted by molar-refractivity contribution is 0.177. The topological polar surface area (TPSA) is 115 Å². The van der Waals surface area contributed by atoms with E-state index in [-0.39, 0.29) is 18.0 Å². The van der Waals surface area contributed by atoms with Crippen LogP contribution < -0.4 is 20.7 Å². The fraction of sp³-hybridized carbons (Fsp3) is 0.462. The Bertz CT molecular complexity index is 713. The molecule has 0 aromatic heterocycles. The average molecular weight is 404 g/mol. The maximum atomic E-state index is 12.3. The summed E-state index contributed by atoms with van der Waals surface area (Å²) < 4.78 is 27.8. The smallest absolute Gasteiger partial charge is 0.240 e. The van der Waals surface area contributed by atoms with E-state index in [1.165, 1.54) is 0 Å². The van der Waals surface area contributed by atoms with E-state index in [4.69, 9.17) is 0 Å². The van der Waals surface area contributed by atoms with Crippen molar-refractivity contribution in [3.8, 4) is 0 Å². The molecule has 0 aromatic carbocycles. The largest absolute Gasteiger partial charge is 0.390 e. The highest BCUT2D eigenvalue weighted by Crippen LogP contribution is 2.20. The number of hydrogen-bond donors (Lipinski definition) is 5. The average Bonchev–Trinajstić information content (AvgIpc) is 2.53. The maximum Gasteiger partial charge on any atom is 0.240 e. The number of sulfonamides is 1. The molecule has 0 saturated heterocycles. The summed E-state index contributed by atoms with van der Waals surface area (Å²) in [6.07, 6.45) is 5.01. The number of hydrogen-bond acceptors (Lipinski definition) is 7. The van der Waals surface area contributed by atoms with Crippen molar-refractivity contribution < 1.29 is 13.5 Å². The van der Waals surface area contributed by atoms with Crippen LogP contribution in [0.2, 0.25) is 0 Å². The molecule has 5 N–H and O–H groups in total. The van der Waals surface area contributed by atoms with E-state index in [1.807, 2.05) is 0 Å². The molecule has 2 atom stereocenters. The van der Waals surface area contributed by atoms with Gasteiger partial charge in [-0.3, -0.25) is 0 Å². The molecule has 0 radical (unpaired) electrons. The molecular formula is C13H18BrN5O3S. The summed E-state index contributed by atoms with van der Waals surface area (Å²) in [7, 11) is -3.63. The fourth-order valence-corrected chi connectivity index (χ4v) is 3.97. The lowest BCUT2D eigenvalue weighted by atomic mass is 10.1. The minimum absolute atomic E-state index is 0.0638. The van der Waals surface area contributed by atoms with Gasteiger partial charge in [-0.1, -0.05) is 6.08 Å². The van der Waals surface area contributed by atoms with Gasteiger partial charge in [0.1, 0.15) is 5.82 Å². The van der Waals surface area contributed by atoms with Crippen LogP contribution in [0.3, 0.4) is 0 Å². The van der Waals surface area contributed by atoms with Crippen LogP contribution in [0.25, 0.3) is 0 Å². The Morgan fingerprint density at radius 1 is 1.30 bits per heavy atom. The van der Waals surface area contributed by atoms with Gasteiger partial charge in [-0.2, -0.15) is 0 Å². The quantitative estimate of drug-likeness (QED) is 0.374. The Kier molecular flexibility index (Phi) is 4.76. The molecule has 2 aliphatic heterocycles. The van der Waals surface area contributed by atoms with Crippen LogP contribution in [0.1, 0.15) is 12.8 Å². The van der Waals surface area contributed by atoms with Crippen molar-refractivity contribution >= 4 is 32.2 Å². The first-order valence-electron chi connectivity index (χ1n) is 7.22. The van der Waals surface area contributed by atoms with E-state index in [1.54, 1.807) is 18.4 Å². The predicted molar refractivity (Wildman–Crippen MR) is 90.8 cm³/mol. The summed E-state index contributed by atoms with van der Waals surface area (Å²) in [6, 6.07) is 0. The summed E-state index contributed by atoms with van der Waals surface area (Å²) in [6.45, 7) is 0.130. The number of fused-ring (bicyclic) bond motifs is 3. The van der Waals surface area contributed by atoms with Crippen LogP contribution in [0.15, 0.2) is 38.0 Å².